The third kappa shape index (κ3) is 6.92. The third-order valence-electron chi connectivity index (χ3n) is 10.5. The van der Waals surface area contributed by atoms with E-state index in [9.17, 15) is 24.5 Å². The van der Waals surface area contributed by atoms with E-state index in [2.05, 4.69) is 34.5 Å². The lowest BCUT2D eigenvalue weighted by Crippen LogP contribution is -2.54. The van der Waals surface area contributed by atoms with Crippen LogP contribution in [0.25, 0.3) is 6.08 Å². The zero-order valence-corrected chi connectivity index (χ0v) is 30.1. The maximum Gasteiger partial charge on any atom is 0.335 e. The molecule has 4 amide bonds. The number of nitro groups is 1. The van der Waals surface area contributed by atoms with Crippen molar-refractivity contribution < 1.29 is 28.8 Å². The maximum atomic E-state index is 14.4. The molecule has 0 unspecified atom stereocenters. The highest BCUT2D eigenvalue weighted by Crippen LogP contribution is 2.50. The number of amides is 4. The second kappa shape index (κ2) is 14.9. The lowest BCUT2D eigenvalue weighted by molar-refractivity contribution is -0.384. The van der Waals surface area contributed by atoms with E-state index in [-0.39, 0.29) is 29.7 Å². The van der Waals surface area contributed by atoms with Gasteiger partial charge in [0.25, 0.3) is 17.5 Å². The number of ether oxygens (including phenoxy) is 2. The van der Waals surface area contributed by atoms with Crippen molar-refractivity contribution in [1.82, 2.24) is 5.32 Å². The van der Waals surface area contributed by atoms with Gasteiger partial charge in [-0.3, -0.25) is 25.0 Å². The van der Waals surface area contributed by atoms with E-state index in [1.807, 2.05) is 55.5 Å². The summed E-state index contributed by atoms with van der Waals surface area (Å²) in [6.45, 7) is 4.07. The number of nitro benzene ring substituents is 1. The molecule has 0 bridgehead atoms. The minimum absolute atomic E-state index is 0.0154. The van der Waals surface area contributed by atoms with Crippen LogP contribution in [0.5, 0.6) is 11.5 Å². The Morgan fingerprint density at radius 2 is 1.40 bits per heavy atom. The van der Waals surface area contributed by atoms with Gasteiger partial charge in [-0.05, 0) is 95.6 Å². The van der Waals surface area contributed by atoms with E-state index < -0.39 is 22.8 Å². The molecule has 3 heterocycles. The highest BCUT2D eigenvalue weighted by Gasteiger charge is 2.40. The fourth-order valence-electron chi connectivity index (χ4n) is 7.90. The summed E-state index contributed by atoms with van der Waals surface area (Å²) in [5.74, 6) is -0.619. The largest absolute Gasteiger partial charge is 0.490 e. The normalized spacial score (nSPS) is 18.5. The van der Waals surface area contributed by atoms with Crippen molar-refractivity contribution in [2.24, 2.45) is 0 Å². The molecule has 276 valence electrons. The second-order valence-electron chi connectivity index (χ2n) is 13.8. The number of benzene rings is 5. The zero-order valence-electron chi connectivity index (χ0n) is 30.1. The number of carbonyl (C=O) groups excluding carboxylic acids is 3. The molecule has 0 aliphatic carbocycles. The van der Waals surface area contributed by atoms with Gasteiger partial charge in [0.1, 0.15) is 12.2 Å². The Balaban J connectivity index is 1.15. The van der Waals surface area contributed by atoms with E-state index in [1.165, 1.54) is 29.3 Å². The zero-order chi connectivity index (χ0) is 38.1. The number of anilines is 2. The smallest absolute Gasteiger partial charge is 0.335 e. The average molecular weight is 735 g/mol. The lowest BCUT2D eigenvalue weighted by atomic mass is 9.76. The predicted octanol–water partition coefficient (Wildman–Crippen LogP) is 8.12. The van der Waals surface area contributed by atoms with Gasteiger partial charge in [-0.1, -0.05) is 66.7 Å². The van der Waals surface area contributed by atoms with Crippen LogP contribution in [0.1, 0.15) is 65.0 Å². The summed E-state index contributed by atoms with van der Waals surface area (Å²) in [6.07, 6.45) is 3.22. The third-order valence-corrected chi connectivity index (χ3v) is 10.5. The van der Waals surface area contributed by atoms with Gasteiger partial charge in [0.2, 0.25) is 0 Å². The van der Waals surface area contributed by atoms with E-state index in [1.54, 1.807) is 30.3 Å². The monoisotopic (exact) mass is 734 g/mol. The van der Waals surface area contributed by atoms with Gasteiger partial charge >= 0.3 is 6.03 Å². The Labute approximate surface area is 317 Å². The molecule has 5 aromatic carbocycles. The summed E-state index contributed by atoms with van der Waals surface area (Å²) in [4.78, 5) is 55.4. The van der Waals surface area contributed by atoms with Gasteiger partial charge in [0.05, 0.1) is 17.2 Å². The first-order chi connectivity index (χ1) is 26.8. The number of rotatable bonds is 10. The summed E-state index contributed by atoms with van der Waals surface area (Å²) in [5, 5.41) is 13.4. The van der Waals surface area contributed by atoms with Gasteiger partial charge in [-0.2, -0.15) is 0 Å². The molecule has 3 aliphatic heterocycles. The van der Waals surface area contributed by atoms with Crippen LogP contribution in [0.3, 0.4) is 0 Å². The van der Waals surface area contributed by atoms with Crippen LogP contribution in [0, 0.1) is 10.1 Å². The van der Waals surface area contributed by atoms with Crippen LogP contribution in [-0.4, -0.2) is 42.5 Å². The number of hydrogen-bond donors (Lipinski definition) is 1. The van der Waals surface area contributed by atoms with Crippen LogP contribution in [-0.2, 0) is 16.2 Å². The molecule has 0 spiro atoms. The first kappa shape index (κ1) is 35.3. The van der Waals surface area contributed by atoms with Crippen LogP contribution in [0.15, 0.2) is 121 Å². The predicted molar refractivity (Wildman–Crippen MR) is 209 cm³/mol. The Kier molecular flexibility index (Phi) is 9.59. The van der Waals surface area contributed by atoms with Crippen molar-refractivity contribution >= 4 is 41.0 Å². The van der Waals surface area contributed by atoms with Gasteiger partial charge in [0.15, 0.2) is 11.5 Å². The van der Waals surface area contributed by atoms with Crippen molar-refractivity contribution in [3.63, 3.8) is 0 Å². The Bertz CT molecular complexity index is 2250. The fraction of sp³-hybridized carbons (Fsp3) is 0.205. The number of nitrogens with zero attached hydrogens (tertiary/aromatic N) is 3. The molecule has 0 aromatic heterocycles. The lowest BCUT2D eigenvalue weighted by Gasteiger charge is -2.44. The standard InChI is InChI=1S/C44H38N4O7/c1-2-54-40-24-29(15-18-39(40)55-27-28-13-16-32(17-14-28)48(52)53)23-38-42(49)45-44(51)47(43(38)50)33-25-36-34(30-9-5-3-6-10-30)19-21-46-22-20-35(37(26-33)41(36)46)31-11-7-4-8-12-31/h3-18,23-26,34-35H,2,19-22,27H2,1H3,(H,45,49,51)/b38-23+/t34-,35-/m1/s1. The van der Waals surface area contributed by atoms with Crippen LogP contribution in [0.2, 0.25) is 0 Å². The second-order valence-corrected chi connectivity index (χ2v) is 13.8. The van der Waals surface area contributed by atoms with Gasteiger partial charge in [-0.25, -0.2) is 9.69 Å². The molecule has 5 aromatic rings. The van der Waals surface area contributed by atoms with Crippen molar-refractivity contribution in [1.29, 1.82) is 0 Å². The van der Waals surface area contributed by atoms with Crippen molar-refractivity contribution in [2.45, 2.75) is 38.2 Å². The van der Waals surface area contributed by atoms with Gasteiger partial charge in [-0.15, -0.1) is 0 Å². The molecule has 1 fully saturated rings. The van der Waals surface area contributed by atoms with E-state index in [0.29, 0.717) is 29.4 Å². The van der Waals surface area contributed by atoms with E-state index >= 15 is 0 Å². The van der Waals surface area contributed by atoms with Crippen molar-refractivity contribution in [2.75, 3.05) is 29.5 Å². The molecule has 11 heteroatoms. The van der Waals surface area contributed by atoms with Crippen LogP contribution >= 0.6 is 0 Å². The van der Waals surface area contributed by atoms with Gasteiger partial charge < -0.3 is 14.4 Å². The molecular weight excluding hydrogens is 697 g/mol. The number of carbonyl (C=O) groups is 3. The Hall–Kier alpha value is -6.75. The average Bonchev–Trinajstić information content (AvgIpc) is 3.20. The van der Waals surface area contributed by atoms with Crippen LogP contribution in [0.4, 0.5) is 21.9 Å². The molecule has 2 atom stereocenters. The number of nitrogens with one attached hydrogen (secondary N) is 1. The first-order valence-electron chi connectivity index (χ1n) is 18.4. The molecular formula is C44H38N4O7. The first-order valence-corrected chi connectivity index (χ1v) is 18.4. The summed E-state index contributed by atoms with van der Waals surface area (Å²) in [5.41, 5.74) is 7.00. The molecule has 8 rings (SSSR count). The highest BCUT2D eigenvalue weighted by atomic mass is 16.6. The molecule has 55 heavy (non-hydrogen) atoms. The topological polar surface area (TPSA) is 131 Å². The van der Waals surface area contributed by atoms with Crippen LogP contribution < -0.4 is 24.6 Å². The quantitative estimate of drug-likeness (QED) is 0.0659. The van der Waals surface area contributed by atoms with Gasteiger partial charge in [0, 0.05) is 42.7 Å². The Morgan fingerprint density at radius 3 is 1.98 bits per heavy atom. The molecule has 0 radical (unpaired) electrons. The highest BCUT2D eigenvalue weighted by molar-refractivity contribution is 6.39. The number of imide groups is 2. The summed E-state index contributed by atoms with van der Waals surface area (Å²) in [7, 11) is 0. The minimum Gasteiger partial charge on any atom is -0.490 e. The molecule has 11 nitrogen and oxygen atoms in total. The number of non-ortho nitro benzene ring substituents is 1. The summed E-state index contributed by atoms with van der Waals surface area (Å²) < 4.78 is 11.8. The molecule has 1 N–H and O–H groups in total. The number of barbiturate groups is 1. The Morgan fingerprint density at radius 1 is 0.782 bits per heavy atom. The molecule has 0 saturated carbocycles. The summed E-state index contributed by atoms with van der Waals surface area (Å²) >= 11 is 0. The van der Waals surface area contributed by atoms with E-state index in [0.717, 1.165) is 53.2 Å². The summed E-state index contributed by atoms with van der Waals surface area (Å²) in [6, 6.07) is 34.8. The molecule has 3 aliphatic rings. The molecule has 1 saturated heterocycles. The van der Waals surface area contributed by atoms with Crippen molar-refractivity contribution in [3.05, 3.63) is 164 Å². The maximum absolute atomic E-state index is 14.4. The fourth-order valence-corrected chi connectivity index (χ4v) is 7.90. The van der Waals surface area contributed by atoms with E-state index in [4.69, 9.17) is 9.47 Å². The van der Waals surface area contributed by atoms with Crippen molar-refractivity contribution in [3.8, 4) is 11.5 Å². The number of hydrogen-bond acceptors (Lipinski definition) is 8. The SMILES string of the molecule is CCOc1cc(/C=C2\C(=O)NC(=O)N(c3cc4c5c(c3)[C@@H](c3ccccc3)CCN5CC[C@@H]4c3ccccc3)C2=O)ccc1OCc1ccc([N+](=O)[O-])cc1. The minimum atomic E-state index is -0.805. The number of urea groups is 1.